The van der Waals surface area contributed by atoms with Crippen molar-refractivity contribution in [1.82, 2.24) is 9.36 Å². The van der Waals surface area contributed by atoms with Gasteiger partial charge in [-0.15, -0.1) is 11.3 Å². The lowest BCUT2D eigenvalue weighted by Crippen LogP contribution is -2.10. The predicted octanol–water partition coefficient (Wildman–Crippen LogP) is 11.4. The Labute approximate surface area is 258 Å². The van der Waals surface area contributed by atoms with E-state index in [0.29, 0.717) is 0 Å². The molecule has 0 N–H and O–H groups in total. The van der Waals surface area contributed by atoms with E-state index in [1.54, 1.807) is 0 Å². The standard InChI is InChI=1S/C38H25N3S2/c1-3-10-26(11-4-1)27-18-20-30(21-19-27)41(32-22-23-36-34(25-32)33-16-7-8-17-35(33)42-36)31-15-9-14-29(24-31)38-39-37(40-43-38)28-12-5-2-6-13-28/h1-25H. The van der Waals surface area contributed by atoms with Crippen LogP contribution in [0.25, 0.3) is 53.3 Å². The van der Waals surface area contributed by atoms with Crippen molar-refractivity contribution in [2.75, 3.05) is 4.90 Å². The lowest BCUT2D eigenvalue weighted by molar-refractivity contribution is 1.28. The molecule has 0 bridgehead atoms. The van der Waals surface area contributed by atoms with Gasteiger partial charge in [0.05, 0.1) is 0 Å². The van der Waals surface area contributed by atoms with Crippen LogP contribution in [0.3, 0.4) is 0 Å². The van der Waals surface area contributed by atoms with E-state index in [2.05, 4.69) is 131 Å². The fourth-order valence-corrected chi connectivity index (χ4v) is 7.32. The average Bonchev–Trinajstić information content (AvgIpc) is 3.72. The maximum Gasteiger partial charge on any atom is 0.173 e. The molecule has 0 atom stereocenters. The summed E-state index contributed by atoms with van der Waals surface area (Å²) in [7, 11) is 0. The van der Waals surface area contributed by atoms with Gasteiger partial charge in [0.15, 0.2) is 5.82 Å². The first-order valence-electron chi connectivity index (χ1n) is 14.2. The van der Waals surface area contributed by atoms with Crippen LogP contribution in [0.2, 0.25) is 0 Å². The van der Waals surface area contributed by atoms with Crippen LogP contribution in [0.5, 0.6) is 0 Å². The molecule has 0 radical (unpaired) electrons. The largest absolute Gasteiger partial charge is 0.310 e. The van der Waals surface area contributed by atoms with E-state index in [9.17, 15) is 0 Å². The highest BCUT2D eigenvalue weighted by molar-refractivity contribution is 7.25. The molecular formula is C38H25N3S2. The molecule has 0 saturated carbocycles. The maximum absolute atomic E-state index is 4.90. The first kappa shape index (κ1) is 25.6. The summed E-state index contributed by atoms with van der Waals surface area (Å²) in [5.74, 6) is 0.758. The molecule has 2 heterocycles. The minimum absolute atomic E-state index is 0.758. The zero-order valence-electron chi connectivity index (χ0n) is 23.1. The number of nitrogens with zero attached hydrogens (tertiary/aromatic N) is 3. The van der Waals surface area contributed by atoms with Gasteiger partial charge in [-0.2, -0.15) is 4.37 Å². The van der Waals surface area contributed by atoms with Crippen molar-refractivity contribution < 1.29 is 0 Å². The third-order valence-electron chi connectivity index (χ3n) is 7.66. The van der Waals surface area contributed by atoms with Crippen LogP contribution in [-0.4, -0.2) is 9.36 Å². The Balaban J connectivity index is 1.25. The van der Waals surface area contributed by atoms with E-state index in [4.69, 9.17) is 4.98 Å². The van der Waals surface area contributed by atoms with E-state index in [-0.39, 0.29) is 0 Å². The summed E-state index contributed by atoms with van der Waals surface area (Å²) < 4.78 is 7.27. The quantitative estimate of drug-likeness (QED) is 0.194. The molecule has 204 valence electrons. The molecule has 8 rings (SSSR count). The van der Waals surface area contributed by atoms with Gasteiger partial charge in [0.1, 0.15) is 5.01 Å². The second kappa shape index (κ2) is 11.0. The third kappa shape index (κ3) is 4.89. The SMILES string of the molecule is c1ccc(-c2ccc(N(c3cccc(-c4nc(-c5ccccc5)ns4)c3)c3ccc4sc5ccccc5c4c3)cc2)cc1. The van der Waals surface area contributed by atoms with Crippen molar-refractivity contribution in [1.29, 1.82) is 0 Å². The second-order valence-corrected chi connectivity index (χ2v) is 12.2. The average molecular weight is 588 g/mol. The third-order valence-corrected chi connectivity index (χ3v) is 9.58. The minimum atomic E-state index is 0.758. The van der Waals surface area contributed by atoms with Crippen LogP contribution in [0, 0.1) is 0 Å². The Kier molecular flexibility index (Phi) is 6.52. The monoisotopic (exact) mass is 587 g/mol. The maximum atomic E-state index is 4.90. The van der Waals surface area contributed by atoms with E-state index in [1.165, 1.54) is 42.8 Å². The molecule has 0 spiro atoms. The van der Waals surface area contributed by atoms with Crippen LogP contribution in [0.15, 0.2) is 152 Å². The summed E-state index contributed by atoms with van der Waals surface area (Å²) in [5.41, 5.74) is 7.75. The van der Waals surface area contributed by atoms with Crippen LogP contribution >= 0.6 is 22.9 Å². The van der Waals surface area contributed by atoms with Gasteiger partial charge in [-0.3, -0.25) is 0 Å². The number of anilines is 3. The second-order valence-electron chi connectivity index (χ2n) is 10.4. The van der Waals surface area contributed by atoms with Crippen LogP contribution in [0.1, 0.15) is 0 Å². The topological polar surface area (TPSA) is 29.0 Å². The Morgan fingerprint density at radius 2 is 1.07 bits per heavy atom. The van der Waals surface area contributed by atoms with Crippen LogP contribution in [0.4, 0.5) is 17.1 Å². The minimum Gasteiger partial charge on any atom is -0.310 e. The highest BCUT2D eigenvalue weighted by Gasteiger charge is 2.17. The Bertz CT molecular complexity index is 2180. The van der Waals surface area contributed by atoms with Crippen LogP contribution in [-0.2, 0) is 0 Å². The molecule has 0 aliphatic rings. The van der Waals surface area contributed by atoms with Gasteiger partial charge < -0.3 is 4.90 Å². The van der Waals surface area contributed by atoms with Gasteiger partial charge in [-0.05, 0) is 71.2 Å². The molecule has 0 aliphatic heterocycles. The lowest BCUT2D eigenvalue weighted by atomic mass is 10.0. The fourth-order valence-electron chi connectivity index (χ4n) is 5.56. The van der Waals surface area contributed by atoms with Gasteiger partial charge in [0, 0.05) is 48.4 Å². The molecule has 0 aliphatic carbocycles. The highest BCUT2D eigenvalue weighted by Crippen LogP contribution is 2.42. The van der Waals surface area contributed by atoms with Crippen molar-refractivity contribution in [2.45, 2.75) is 0 Å². The van der Waals surface area contributed by atoms with Gasteiger partial charge in [-0.25, -0.2) is 4.98 Å². The zero-order valence-corrected chi connectivity index (χ0v) is 24.7. The summed E-state index contributed by atoms with van der Waals surface area (Å²) in [5, 5.41) is 3.47. The predicted molar refractivity (Wildman–Crippen MR) is 184 cm³/mol. The van der Waals surface area contributed by atoms with Crippen molar-refractivity contribution in [3.8, 4) is 33.1 Å². The highest BCUT2D eigenvalue weighted by atomic mass is 32.1. The number of aromatic nitrogens is 2. The zero-order chi connectivity index (χ0) is 28.6. The number of hydrogen-bond donors (Lipinski definition) is 0. The number of fused-ring (bicyclic) bond motifs is 3. The first-order valence-corrected chi connectivity index (χ1v) is 15.8. The van der Waals surface area contributed by atoms with Crippen molar-refractivity contribution >= 4 is 60.1 Å². The van der Waals surface area contributed by atoms with Crippen molar-refractivity contribution in [3.05, 3.63) is 152 Å². The van der Waals surface area contributed by atoms with Crippen LogP contribution < -0.4 is 4.90 Å². The summed E-state index contributed by atoms with van der Waals surface area (Å²) in [6, 6.07) is 53.6. The van der Waals surface area contributed by atoms with E-state index < -0.39 is 0 Å². The summed E-state index contributed by atoms with van der Waals surface area (Å²) >= 11 is 3.28. The number of thiophene rings is 1. The molecule has 43 heavy (non-hydrogen) atoms. The lowest BCUT2D eigenvalue weighted by Gasteiger charge is -2.26. The first-order chi connectivity index (χ1) is 21.3. The Morgan fingerprint density at radius 3 is 1.88 bits per heavy atom. The van der Waals surface area contributed by atoms with Crippen molar-refractivity contribution in [3.63, 3.8) is 0 Å². The number of benzene rings is 6. The normalized spacial score (nSPS) is 11.3. The Morgan fingerprint density at radius 1 is 0.442 bits per heavy atom. The molecule has 2 aromatic heterocycles. The van der Waals surface area contributed by atoms with Gasteiger partial charge in [-0.1, -0.05) is 103 Å². The molecule has 0 saturated heterocycles. The van der Waals surface area contributed by atoms with E-state index >= 15 is 0 Å². The molecule has 5 heteroatoms. The van der Waals surface area contributed by atoms with Crippen molar-refractivity contribution in [2.24, 2.45) is 0 Å². The molecule has 0 amide bonds. The summed E-state index contributed by atoms with van der Waals surface area (Å²) in [6.07, 6.45) is 0. The molecular weight excluding hydrogens is 563 g/mol. The van der Waals surface area contributed by atoms with Gasteiger partial charge in [0.2, 0.25) is 0 Å². The molecule has 0 unspecified atom stereocenters. The molecule has 8 aromatic rings. The Hall–Kier alpha value is -5.10. The molecule has 6 aromatic carbocycles. The number of hydrogen-bond acceptors (Lipinski definition) is 5. The number of rotatable bonds is 6. The van der Waals surface area contributed by atoms with E-state index in [1.807, 2.05) is 41.7 Å². The fraction of sp³-hybridized carbons (Fsp3) is 0. The summed E-state index contributed by atoms with van der Waals surface area (Å²) in [6.45, 7) is 0. The van der Waals surface area contributed by atoms with Gasteiger partial charge in [0.25, 0.3) is 0 Å². The molecule has 0 fully saturated rings. The molecule has 3 nitrogen and oxygen atoms in total. The van der Waals surface area contributed by atoms with E-state index in [0.717, 1.165) is 39.0 Å². The van der Waals surface area contributed by atoms with Gasteiger partial charge >= 0.3 is 0 Å². The smallest absolute Gasteiger partial charge is 0.173 e. The summed E-state index contributed by atoms with van der Waals surface area (Å²) in [4.78, 5) is 7.24.